The lowest BCUT2D eigenvalue weighted by atomic mass is 10.2. The van der Waals surface area contributed by atoms with E-state index in [1.807, 2.05) is 0 Å². The Labute approximate surface area is 113 Å². The Morgan fingerprint density at radius 3 is 2.68 bits per heavy atom. The second-order valence-electron chi connectivity index (χ2n) is 3.86. The Kier molecular flexibility index (Phi) is 3.57. The molecule has 0 bridgehead atoms. The van der Waals surface area contributed by atoms with E-state index in [1.165, 1.54) is 30.3 Å². The summed E-state index contributed by atoms with van der Waals surface area (Å²) in [6.45, 7) is 0. The summed E-state index contributed by atoms with van der Waals surface area (Å²) in [7, 11) is 0. The number of amides is 1. The summed E-state index contributed by atoms with van der Waals surface area (Å²) in [6, 6.07) is 7.82. The summed E-state index contributed by atoms with van der Waals surface area (Å²) in [4.78, 5) is 11.9. The van der Waals surface area contributed by atoms with Crippen LogP contribution in [0.5, 0.6) is 5.75 Å². The molecule has 0 atom stereocenters. The standard InChI is InChI=1S/C13H10ClFN2O2/c14-9-5-7(1-4-12(9)18)13(19)17-11-6-8(16)2-3-10(11)15/h1-6,18H,16H2,(H,17,19). The molecule has 0 fully saturated rings. The smallest absolute Gasteiger partial charge is 0.255 e. The number of aromatic hydroxyl groups is 1. The van der Waals surface area contributed by atoms with Crippen LogP contribution in [-0.2, 0) is 0 Å². The van der Waals surface area contributed by atoms with Gasteiger partial charge in [0.1, 0.15) is 11.6 Å². The highest BCUT2D eigenvalue weighted by molar-refractivity contribution is 6.32. The minimum absolute atomic E-state index is 0.0193. The fourth-order valence-corrected chi connectivity index (χ4v) is 1.66. The first kappa shape index (κ1) is 13.2. The first-order valence-electron chi connectivity index (χ1n) is 5.32. The zero-order chi connectivity index (χ0) is 14.0. The van der Waals surface area contributed by atoms with Gasteiger partial charge in [0.05, 0.1) is 10.7 Å². The molecule has 0 spiro atoms. The van der Waals surface area contributed by atoms with E-state index in [-0.39, 0.29) is 22.0 Å². The molecule has 4 nitrogen and oxygen atoms in total. The minimum Gasteiger partial charge on any atom is -0.506 e. The highest BCUT2D eigenvalue weighted by Gasteiger charge is 2.11. The molecular formula is C13H10ClFN2O2. The predicted octanol–water partition coefficient (Wildman–Crippen LogP) is 3.02. The first-order valence-corrected chi connectivity index (χ1v) is 5.70. The van der Waals surface area contributed by atoms with Crippen molar-refractivity contribution in [3.63, 3.8) is 0 Å². The predicted molar refractivity (Wildman–Crippen MR) is 71.9 cm³/mol. The number of nitrogen functional groups attached to an aromatic ring is 1. The lowest BCUT2D eigenvalue weighted by molar-refractivity contribution is 0.102. The molecule has 0 saturated heterocycles. The first-order chi connectivity index (χ1) is 8.97. The van der Waals surface area contributed by atoms with Gasteiger partial charge in [-0.2, -0.15) is 0 Å². The van der Waals surface area contributed by atoms with Gasteiger partial charge in [-0.1, -0.05) is 11.6 Å². The monoisotopic (exact) mass is 280 g/mol. The van der Waals surface area contributed by atoms with Gasteiger partial charge in [-0.25, -0.2) is 4.39 Å². The van der Waals surface area contributed by atoms with Gasteiger partial charge in [0.15, 0.2) is 0 Å². The molecule has 19 heavy (non-hydrogen) atoms. The van der Waals surface area contributed by atoms with E-state index >= 15 is 0 Å². The summed E-state index contributed by atoms with van der Waals surface area (Å²) in [5, 5.41) is 11.7. The highest BCUT2D eigenvalue weighted by Crippen LogP contribution is 2.24. The van der Waals surface area contributed by atoms with Crippen LogP contribution >= 0.6 is 11.6 Å². The third-order valence-corrected chi connectivity index (χ3v) is 2.75. The van der Waals surface area contributed by atoms with Crippen LogP contribution in [0.1, 0.15) is 10.4 Å². The molecule has 0 heterocycles. The molecule has 98 valence electrons. The third kappa shape index (κ3) is 2.95. The van der Waals surface area contributed by atoms with Crippen molar-refractivity contribution in [2.75, 3.05) is 11.1 Å². The number of nitrogens with one attached hydrogen (secondary N) is 1. The summed E-state index contributed by atoms with van der Waals surface area (Å²) < 4.78 is 13.5. The lowest BCUT2D eigenvalue weighted by Gasteiger charge is -2.08. The number of nitrogens with two attached hydrogens (primary N) is 1. The van der Waals surface area contributed by atoms with Crippen LogP contribution in [0.25, 0.3) is 0 Å². The normalized spacial score (nSPS) is 10.2. The van der Waals surface area contributed by atoms with Crippen molar-refractivity contribution in [2.24, 2.45) is 0 Å². The Morgan fingerprint density at radius 1 is 1.26 bits per heavy atom. The molecule has 2 rings (SSSR count). The van der Waals surface area contributed by atoms with Gasteiger partial charge in [-0.3, -0.25) is 4.79 Å². The van der Waals surface area contributed by atoms with Crippen molar-refractivity contribution in [1.29, 1.82) is 0 Å². The average Bonchev–Trinajstić information content (AvgIpc) is 2.37. The molecule has 0 aliphatic carbocycles. The van der Waals surface area contributed by atoms with Gasteiger partial charge in [-0.05, 0) is 36.4 Å². The molecule has 6 heteroatoms. The molecule has 0 saturated carbocycles. The number of phenols is 1. The van der Waals surface area contributed by atoms with Crippen molar-refractivity contribution in [1.82, 2.24) is 0 Å². The Bertz CT molecular complexity index is 647. The Morgan fingerprint density at radius 2 is 2.00 bits per heavy atom. The lowest BCUT2D eigenvalue weighted by Crippen LogP contribution is -2.13. The van der Waals surface area contributed by atoms with Crippen LogP contribution < -0.4 is 11.1 Å². The number of benzene rings is 2. The van der Waals surface area contributed by atoms with Gasteiger partial charge in [-0.15, -0.1) is 0 Å². The summed E-state index contributed by atoms with van der Waals surface area (Å²) >= 11 is 5.69. The molecule has 0 unspecified atom stereocenters. The quantitative estimate of drug-likeness (QED) is 0.740. The Balaban J connectivity index is 2.25. The maximum absolute atomic E-state index is 13.5. The molecule has 0 radical (unpaired) electrons. The molecule has 0 aliphatic rings. The van der Waals surface area contributed by atoms with Gasteiger partial charge < -0.3 is 16.2 Å². The number of carbonyl (C=O) groups excluding carboxylic acids is 1. The molecule has 0 aromatic heterocycles. The van der Waals surface area contributed by atoms with Crippen molar-refractivity contribution >= 4 is 28.9 Å². The minimum atomic E-state index is -0.590. The SMILES string of the molecule is Nc1ccc(F)c(NC(=O)c2ccc(O)c(Cl)c2)c1. The van der Waals surface area contributed by atoms with Crippen LogP contribution in [0.3, 0.4) is 0 Å². The zero-order valence-corrected chi connectivity index (χ0v) is 10.4. The molecule has 4 N–H and O–H groups in total. The van der Waals surface area contributed by atoms with Crippen LogP contribution in [-0.4, -0.2) is 11.0 Å². The van der Waals surface area contributed by atoms with Crippen molar-refractivity contribution in [3.8, 4) is 5.75 Å². The number of halogens is 2. The fraction of sp³-hybridized carbons (Fsp3) is 0. The maximum Gasteiger partial charge on any atom is 0.255 e. The number of phenolic OH excluding ortho intramolecular Hbond substituents is 1. The van der Waals surface area contributed by atoms with Crippen molar-refractivity contribution in [3.05, 3.63) is 52.8 Å². The average molecular weight is 281 g/mol. The second kappa shape index (κ2) is 5.16. The third-order valence-electron chi connectivity index (χ3n) is 2.45. The van der Waals surface area contributed by atoms with Crippen LogP contribution in [0.4, 0.5) is 15.8 Å². The van der Waals surface area contributed by atoms with Crippen molar-refractivity contribution in [2.45, 2.75) is 0 Å². The maximum atomic E-state index is 13.5. The summed E-state index contributed by atoms with van der Waals surface area (Å²) in [6.07, 6.45) is 0. The molecule has 1 amide bonds. The van der Waals surface area contributed by atoms with Gasteiger partial charge >= 0.3 is 0 Å². The van der Waals surface area contributed by atoms with E-state index in [0.29, 0.717) is 5.69 Å². The van der Waals surface area contributed by atoms with Crippen LogP contribution in [0, 0.1) is 5.82 Å². The van der Waals surface area contributed by atoms with E-state index in [9.17, 15) is 14.3 Å². The summed E-state index contributed by atoms with van der Waals surface area (Å²) in [5.41, 5.74) is 6.03. The zero-order valence-electron chi connectivity index (χ0n) is 9.65. The van der Waals surface area contributed by atoms with E-state index in [4.69, 9.17) is 17.3 Å². The topological polar surface area (TPSA) is 75.3 Å². The van der Waals surface area contributed by atoms with Crippen LogP contribution in [0.15, 0.2) is 36.4 Å². The molecule has 2 aromatic rings. The van der Waals surface area contributed by atoms with E-state index in [2.05, 4.69) is 5.32 Å². The fourth-order valence-electron chi connectivity index (χ4n) is 1.48. The number of anilines is 2. The summed E-state index contributed by atoms with van der Waals surface area (Å²) in [5.74, 6) is -1.27. The van der Waals surface area contributed by atoms with E-state index in [0.717, 1.165) is 6.07 Å². The van der Waals surface area contributed by atoms with E-state index in [1.54, 1.807) is 0 Å². The second-order valence-corrected chi connectivity index (χ2v) is 4.27. The number of rotatable bonds is 2. The molecular weight excluding hydrogens is 271 g/mol. The number of hydrogen-bond donors (Lipinski definition) is 3. The van der Waals surface area contributed by atoms with E-state index < -0.39 is 11.7 Å². The molecule has 0 aliphatic heterocycles. The molecule has 2 aromatic carbocycles. The van der Waals surface area contributed by atoms with Gasteiger partial charge in [0.25, 0.3) is 5.91 Å². The number of hydrogen-bond acceptors (Lipinski definition) is 3. The number of carbonyl (C=O) groups is 1. The Hall–Kier alpha value is -2.27. The highest BCUT2D eigenvalue weighted by atomic mass is 35.5. The van der Waals surface area contributed by atoms with Gasteiger partial charge in [0.2, 0.25) is 0 Å². The largest absolute Gasteiger partial charge is 0.506 e. The van der Waals surface area contributed by atoms with Gasteiger partial charge in [0, 0.05) is 11.3 Å². The van der Waals surface area contributed by atoms with Crippen LogP contribution in [0.2, 0.25) is 5.02 Å². The van der Waals surface area contributed by atoms with Crippen molar-refractivity contribution < 1.29 is 14.3 Å².